The van der Waals surface area contributed by atoms with Crippen molar-refractivity contribution in [2.24, 2.45) is 11.8 Å². The molecule has 0 aromatic heterocycles. The van der Waals surface area contributed by atoms with Gasteiger partial charge in [0.1, 0.15) is 0 Å². The minimum absolute atomic E-state index is 0. The first-order valence-electron chi connectivity index (χ1n) is 6.81. The van der Waals surface area contributed by atoms with Crippen molar-refractivity contribution in [3.63, 3.8) is 0 Å². The smallest absolute Gasteiger partial charge is 0.223 e. The van der Waals surface area contributed by atoms with Gasteiger partial charge in [-0.1, -0.05) is 31.2 Å². The molecular formula is C15H23ClN2O2. The van der Waals surface area contributed by atoms with E-state index in [1.807, 2.05) is 38.1 Å². The molecule has 0 spiro atoms. The summed E-state index contributed by atoms with van der Waals surface area (Å²) in [6.07, 6.45) is -0.642. The number of aryl methyl sites for hydroxylation is 1. The van der Waals surface area contributed by atoms with Crippen molar-refractivity contribution in [3.8, 4) is 0 Å². The van der Waals surface area contributed by atoms with E-state index in [2.05, 4.69) is 10.6 Å². The number of carbonyl (C=O) groups excluding carboxylic acids is 1. The topological polar surface area (TPSA) is 61.4 Å². The largest absolute Gasteiger partial charge is 0.387 e. The molecule has 1 saturated heterocycles. The van der Waals surface area contributed by atoms with Crippen LogP contribution in [0.4, 0.5) is 0 Å². The Labute approximate surface area is 126 Å². The van der Waals surface area contributed by atoms with Crippen LogP contribution in [-0.4, -0.2) is 30.6 Å². The van der Waals surface area contributed by atoms with Crippen LogP contribution < -0.4 is 10.6 Å². The van der Waals surface area contributed by atoms with Crippen LogP contribution in [0.3, 0.4) is 0 Å². The van der Waals surface area contributed by atoms with E-state index in [4.69, 9.17) is 0 Å². The van der Waals surface area contributed by atoms with Crippen LogP contribution in [0, 0.1) is 18.8 Å². The van der Waals surface area contributed by atoms with E-state index >= 15 is 0 Å². The van der Waals surface area contributed by atoms with Crippen molar-refractivity contribution in [1.82, 2.24) is 10.6 Å². The number of carbonyl (C=O) groups is 1. The number of halogens is 1. The second-order valence-corrected chi connectivity index (χ2v) is 5.32. The van der Waals surface area contributed by atoms with Gasteiger partial charge in [0, 0.05) is 12.5 Å². The van der Waals surface area contributed by atoms with Gasteiger partial charge in [-0.05, 0) is 37.1 Å². The van der Waals surface area contributed by atoms with Gasteiger partial charge >= 0.3 is 0 Å². The summed E-state index contributed by atoms with van der Waals surface area (Å²) in [6.45, 7) is 6.00. The lowest BCUT2D eigenvalue weighted by Crippen LogP contribution is -2.50. The molecule has 0 saturated carbocycles. The van der Waals surface area contributed by atoms with Crippen molar-refractivity contribution in [1.29, 1.82) is 0 Å². The molecule has 1 heterocycles. The molecule has 2 rings (SSSR count). The summed E-state index contributed by atoms with van der Waals surface area (Å²) in [4.78, 5) is 11.9. The van der Waals surface area contributed by atoms with E-state index in [9.17, 15) is 9.90 Å². The molecule has 2 atom stereocenters. The predicted molar refractivity (Wildman–Crippen MR) is 81.9 cm³/mol. The minimum Gasteiger partial charge on any atom is -0.387 e. The molecule has 1 fully saturated rings. The molecule has 112 valence electrons. The minimum atomic E-state index is -0.642. The Morgan fingerprint density at radius 3 is 2.65 bits per heavy atom. The first-order chi connectivity index (χ1) is 9.09. The zero-order valence-corrected chi connectivity index (χ0v) is 12.7. The molecule has 1 aromatic carbocycles. The summed E-state index contributed by atoms with van der Waals surface area (Å²) in [5.41, 5.74) is 1.92. The molecule has 1 aliphatic heterocycles. The van der Waals surface area contributed by atoms with Crippen molar-refractivity contribution in [3.05, 3.63) is 35.4 Å². The lowest BCUT2D eigenvalue weighted by molar-refractivity contribution is -0.127. The Morgan fingerprint density at radius 2 is 2.10 bits per heavy atom. The average molecular weight is 299 g/mol. The molecule has 3 N–H and O–H groups in total. The SMILES string of the molecule is Cc1ccccc1C(O)CNC(=O)C(C)C1CNC1.Cl. The summed E-state index contributed by atoms with van der Waals surface area (Å²) < 4.78 is 0. The molecule has 1 amide bonds. The molecule has 2 unspecified atom stereocenters. The first-order valence-corrected chi connectivity index (χ1v) is 6.81. The number of hydrogen-bond donors (Lipinski definition) is 3. The van der Waals surface area contributed by atoms with Crippen LogP contribution in [0.15, 0.2) is 24.3 Å². The molecule has 20 heavy (non-hydrogen) atoms. The molecule has 1 aliphatic rings. The Kier molecular flexibility index (Phi) is 6.46. The third-order valence-electron chi connectivity index (χ3n) is 3.95. The van der Waals surface area contributed by atoms with Crippen molar-refractivity contribution >= 4 is 18.3 Å². The van der Waals surface area contributed by atoms with Gasteiger partial charge in [0.15, 0.2) is 0 Å². The van der Waals surface area contributed by atoms with E-state index in [0.29, 0.717) is 5.92 Å². The number of benzene rings is 1. The fraction of sp³-hybridized carbons (Fsp3) is 0.533. The Bertz CT molecular complexity index is 449. The summed E-state index contributed by atoms with van der Waals surface area (Å²) in [6, 6.07) is 7.69. The maximum absolute atomic E-state index is 11.9. The third-order valence-corrected chi connectivity index (χ3v) is 3.95. The van der Waals surface area contributed by atoms with E-state index in [1.165, 1.54) is 0 Å². The van der Waals surface area contributed by atoms with E-state index in [1.54, 1.807) is 0 Å². The molecule has 0 radical (unpaired) electrons. The standard InChI is InChI=1S/C15H22N2O2.ClH/c1-10-5-3-4-6-13(10)14(18)9-17-15(19)11(2)12-7-16-8-12;/h3-6,11-12,14,16,18H,7-9H2,1-2H3,(H,17,19);1H. The summed E-state index contributed by atoms with van der Waals surface area (Å²) in [5.74, 6) is 0.458. The average Bonchev–Trinajstić information content (AvgIpc) is 2.34. The second-order valence-electron chi connectivity index (χ2n) is 5.32. The molecule has 0 aliphatic carbocycles. The van der Waals surface area contributed by atoms with Crippen molar-refractivity contribution in [2.75, 3.05) is 19.6 Å². The van der Waals surface area contributed by atoms with Gasteiger partial charge in [-0.15, -0.1) is 12.4 Å². The zero-order valence-electron chi connectivity index (χ0n) is 11.9. The highest BCUT2D eigenvalue weighted by Crippen LogP contribution is 2.18. The van der Waals surface area contributed by atoms with Gasteiger partial charge in [0.2, 0.25) is 5.91 Å². The Morgan fingerprint density at radius 1 is 1.45 bits per heavy atom. The Balaban J connectivity index is 0.00000200. The molecular weight excluding hydrogens is 276 g/mol. The molecule has 5 heteroatoms. The van der Waals surface area contributed by atoms with Gasteiger partial charge < -0.3 is 15.7 Å². The number of hydrogen-bond acceptors (Lipinski definition) is 3. The molecule has 4 nitrogen and oxygen atoms in total. The Hall–Kier alpha value is -1.10. The van der Waals surface area contributed by atoms with Crippen molar-refractivity contribution < 1.29 is 9.90 Å². The van der Waals surface area contributed by atoms with Crippen LogP contribution in [0.25, 0.3) is 0 Å². The number of amides is 1. The van der Waals surface area contributed by atoms with Gasteiger partial charge in [-0.25, -0.2) is 0 Å². The number of aliphatic hydroxyl groups is 1. The zero-order chi connectivity index (χ0) is 13.8. The van der Waals surface area contributed by atoms with Crippen molar-refractivity contribution in [2.45, 2.75) is 20.0 Å². The fourth-order valence-electron chi connectivity index (χ4n) is 2.31. The lowest BCUT2D eigenvalue weighted by Gasteiger charge is -2.31. The summed E-state index contributed by atoms with van der Waals surface area (Å²) in [7, 11) is 0. The van der Waals surface area contributed by atoms with E-state index in [0.717, 1.165) is 24.2 Å². The summed E-state index contributed by atoms with van der Waals surface area (Å²) in [5, 5.41) is 16.1. The van der Waals surface area contributed by atoms with Crippen LogP contribution >= 0.6 is 12.4 Å². The highest BCUT2D eigenvalue weighted by atomic mass is 35.5. The van der Waals surface area contributed by atoms with Gasteiger partial charge in [0.25, 0.3) is 0 Å². The van der Waals surface area contributed by atoms with Crippen LogP contribution in [0.2, 0.25) is 0 Å². The summed E-state index contributed by atoms with van der Waals surface area (Å²) >= 11 is 0. The third kappa shape index (κ3) is 3.95. The van der Waals surface area contributed by atoms with Gasteiger partial charge in [-0.2, -0.15) is 0 Å². The second kappa shape index (κ2) is 7.62. The van der Waals surface area contributed by atoms with E-state index < -0.39 is 6.10 Å². The van der Waals surface area contributed by atoms with Crippen LogP contribution in [-0.2, 0) is 4.79 Å². The van der Waals surface area contributed by atoms with E-state index in [-0.39, 0.29) is 30.8 Å². The van der Waals surface area contributed by atoms with Crippen LogP contribution in [0.1, 0.15) is 24.2 Å². The number of rotatable bonds is 5. The number of nitrogens with one attached hydrogen (secondary N) is 2. The first kappa shape index (κ1) is 17.0. The van der Waals surface area contributed by atoms with Crippen LogP contribution in [0.5, 0.6) is 0 Å². The number of aliphatic hydroxyl groups excluding tert-OH is 1. The quantitative estimate of drug-likeness (QED) is 0.770. The molecule has 1 aromatic rings. The van der Waals surface area contributed by atoms with Gasteiger partial charge in [-0.3, -0.25) is 4.79 Å². The van der Waals surface area contributed by atoms with Gasteiger partial charge in [0.05, 0.1) is 6.10 Å². The molecule has 0 bridgehead atoms. The normalized spacial score (nSPS) is 17.6. The lowest BCUT2D eigenvalue weighted by atomic mass is 9.88. The maximum Gasteiger partial charge on any atom is 0.223 e. The highest BCUT2D eigenvalue weighted by molar-refractivity contribution is 5.85. The predicted octanol–water partition coefficient (Wildman–Crippen LogP) is 1.42. The fourth-order valence-corrected chi connectivity index (χ4v) is 2.31. The monoisotopic (exact) mass is 298 g/mol. The highest BCUT2D eigenvalue weighted by Gasteiger charge is 2.28. The maximum atomic E-state index is 11.9.